The Bertz CT molecular complexity index is 420. The number of pyridine rings is 1. The zero-order valence-corrected chi connectivity index (χ0v) is 10.4. The minimum Gasteiger partial charge on any atom is -0.381 e. The fourth-order valence-electron chi connectivity index (χ4n) is 1.75. The highest BCUT2D eigenvalue weighted by molar-refractivity contribution is 6.35. The first-order valence-electron chi connectivity index (χ1n) is 5.09. The molecule has 0 aromatic carbocycles. The molecular formula is C11H12Cl2N2O. The minimum absolute atomic E-state index is 0.222. The second-order valence-corrected chi connectivity index (χ2v) is 4.40. The molecule has 1 aromatic rings. The first kappa shape index (κ1) is 11.8. The van der Waals surface area contributed by atoms with Crippen LogP contribution in [0.15, 0.2) is 17.1 Å². The molecule has 2 heterocycles. The Morgan fingerprint density at radius 3 is 2.88 bits per heavy atom. The molecule has 3 nitrogen and oxygen atoms in total. The molecule has 1 atom stereocenters. The van der Waals surface area contributed by atoms with E-state index >= 15 is 0 Å². The van der Waals surface area contributed by atoms with Crippen LogP contribution in [0, 0.1) is 0 Å². The quantitative estimate of drug-likeness (QED) is 0.765. The van der Waals surface area contributed by atoms with Crippen LogP contribution in [-0.4, -0.2) is 30.5 Å². The first-order chi connectivity index (χ1) is 7.70. The van der Waals surface area contributed by atoms with Gasteiger partial charge in [0.2, 0.25) is 0 Å². The molecule has 0 saturated carbocycles. The van der Waals surface area contributed by atoms with Crippen LogP contribution >= 0.6 is 23.2 Å². The van der Waals surface area contributed by atoms with E-state index in [4.69, 9.17) is 27.9 Å². The Hall–Kier alpha value is -0.640. The monoisotopic (exact) mass is 258 g/mol. The van der Waals surface area contributed by atoms with Crippen molar-refractivity contribution in [2.75, 3.05) is 13.7 Å². The lowest BCUT2D eigenvalue weighted by atomic mass is 10.0. The van der Waals surface area contributed by atoms with Crippen molar-refractivity contribution in [3.63, 3.8) is 0 Å². The second-order valence-electron chi connectivity index (χ2n) is 3.65. The summed E-state index contributed by atoms with van der Waals surface area (Å²) in [7, 11) is 1.72. The van der Waals surface area contributed by atoms with Crippen molar-refractivity contribution in [1.29, 1.82) is 0 Å². The van der Waals surface area contributed by atoms with Gasteiger partial charge in [-0.1, -0.05) is 23.2 Å². The van der Waals surface area contributed by atoms with Crippen LogP contribution in [-0.2, 0) is 4.74 Å². The number of rotatable bonds is 2. The topological polar surface area (TPSA) is 34.5 Å². The molecule has 0 unspecified atom stereocenters. The van der Waals surface area contributed by atoms with E-state index in [1.807, 2.05) is 6.07 Å². The molecule has 0 aliphatic carbocycles. The van der Waals surface area contributed by atoms with Crippen molar-refractivity contribution in [3.05, 3.63) is 28.0 Å². The number of aliphatic imine (C=N–C) groups is 1. The van der Waals surface area contributed by atoms with Crippen molar-refractivity contribution in [2.24, 2.45) is 4.99 Å². The SMILES string of the molecule is CO[C@@H]1CCN=C(c2ccc(Cl)nc2Cl)C1. The molecule has 1 aliphatic rings. The zero-order valence-electron chi connectivity index (χ0n) is 8.91. The second kappa shape index (κ2) is 5.13. The lowest BCUT2D eigenvalue weighted by Crippen LogP contribution is -2.23. The average molecular weight is 259 g/mol. The zero-order chi connectivity index (χ0) is 11.5. The van der Waals surface area contributed by atoms with E-state index in [1.165, 1.54) is 0 Å². The Morgan fingerprint density at radius 2 is 2.19 bits per heavy atom. The Kier molecular flexibility index (Phi) is 3.79. The molecule has 0 radical (unpaired) electrons. The number of nitrogens with zero attached hydrogens (tertiary/aromatic N) is 2. The van der Waals surface area contributed by atoms with Gasteiger partial charge in [0.05, 0.1) is 6.10 Å². The van der Waals surface area contributed by atoms with E-state index in [0.717, 1.165) is 30.7 Å². The molecule has 0 N–H and O–H groups in total. The first-order valence-corrected chi connectivity index (χ1v) is 5.85. The molecule has 1 aliphatic heterocycles. The van der Waals surface area contributed by atoms with Gasteiger partial charge in [-0.3, -0.25) is 4.99 Å². The molecule has 16 heavy (non-hydrogen) atoms. The van der Waals surface area contributed by atoms with Crippen molar-refractivity contribution >= 4 is 28.9 Å². The van der Waals surface area contributed by atoms with Gasteiger partial charge in [0.25, 0.3) is 0 Å². The van der Waals surface area contributed by atoms with Gasteiger partial charge in [0.15, 0.2) is 0 Å². The highest BCUT2D eigenvalue weighted by atomic mass is 35.5. The van der Waals surface area contributed by atoms with Crippen LogP contribution in [0.5, 0.6) is 0 Å². The largest absolute Gasteiger partial charge is 0.381 e. The Morgan fingerprint density at radius 1 is 1.38 bits per heavy atom. The maximum Gasteiger partial charge on any atom is 0.139 e. The van der Waals surface area contributed by atoms with E-state index in [0.29, 0.717) is 10.3 Å². The fourth-order valence-corrected chi connectivity index (χ4v) is 2.20. The van der Waals surface area contributed by atoms with E-state index in [1.54, 1.807) is 13.2 Å². The smallest absolute Gasteiger partial charge is 0.139 e. The molecule has 1 aromatic heterocycles. The number of hydrogen-bond acceptors (Lipinski definition) is 3. The lowest BCUT2D eigenvalue weighted by molar-refractivity contribution is 0.100. The molecule has 0 amide bonds. The third-order valence-corrected chi connectivity index (χ3v) is 3.13. The Labute approximate surface area is 104 Å². The summed E-state index contributed by atoms with van der Waals surface area (Å²) in [5.74, 6) is 0. The number of aromatic nitrogens is 1. The molecule has 5 heteroatoms. The van der Waals surface area contributed by atoms with Crippen LogP contribution in [0.3, 0.4) is 0 Å². The number of ether oxygens (including phenoxy) is 1. The molecule has 86 valence electrons. The molecule has 0 bridgehead atoms. The van der Waals surface area contributed by atoms with Gasteiger partial charge < -0.3 is 4.74 Å². The standard InChI is InChI=1S/C11H12Cl2N2O/c1-16-7-4-5-14-9(6-7)8-2-3-10(12)15-11(8)13/h2-3,7H,4-6H2,1H3/t7-/m1/s1. The maximum absolute atomic E-state index is 6.04. The minimum atomic E-state index is 0.222. The van der Waals surface area contributed by atoms with Gasteiger partial charge in [0, 0.05) is 31.4 Å². The molecule has 2 rings (SSSR count). The van der Waals surface area contributed by atoms with Crippen LogP contribution in [0.1, 0.15) is 18.4 Å². The van der Waals surface area contributed by atoms with Gasteiger partial charge in [-0.25, -0.2) is 4.98 Å². The third kappa shape index (κ3) is 2.54. The molecule has 0 saturated heterocycles. The summed E-state index contributed by atoms with van der Waals surface area (Å²) in [5, 5.41) is 0.802. The predicted molar refractivity (Wildman–Crippen MR) is 65.7 cm³/mol. The van der Waals surface area contributed by atoms with Gasteiger partial charge in [-0.15, -0.1) is 0 Å². The van der Waals surface area contributed by atoms with E-state index in [9.17, 15) is 0 Å². The van der Waals surface area contributed by atoms with Crippen molar-refractivity contribution in [3.8, 4) is 0 Å². The highest BCUT2D eigenvalue weighted by Gasteiger charge is 2.19. The summed E-state index contributed by atoms with van der Waals surface area (Å²) in [6, 6.07) is 3.58. The van der Waals surface area contributed by atoms with Gasteiger partial charge in [0.1, 0.15) is 10.3 Å². The summed E-state index contributed by atoms with van der Waals surface area (Å²) in [4.78, 5) is 8.47. The van der Waals surface area contributed by atoms with Crippen molar-refractivity contribution in [1.82, 2.24) is 4.98 Å². The molecule has 0 fully saturated rings. The summed E-state index contributed by atoms with van der Waals surface area (Å²) in [6.45, 7) is 0.771. The summed E-state index contributed by atoms with van der Waals surface area (Å²) < 4.78 is 5.34. The number of methoxy groups -OCH3 is 1. The van der Waals surface area contributed by atoms with Crippen LogP contribution < -0.4 is 0 Å². The van der Waals surface area contributed by atoms with Crippen LogP contribution in [0.2, 0.25) is 10.3 Å². The van der Waals surface area contributed by atoms with Gasteiger partial charge in [-0.05, 0) is 18.6 Å². The molecule has 0 spiro atoms. The molecular weight excluding hydrogens is 247 g/mol. The summed E-state index contributed by atoms with van der Waals surface area (Å²) in [5.41, 5.74) is 1.81. The average Bonchev–Trinajstić information content (AvgIpc) is 2.29. The maximum atomic E-state index is 6.04. The third-order valence-electron chi connectivity index (χ3n) is 2.63. The highest BCUT2D eigenvalue weighted by Crippen LogP contribution is 2.22. The van der Waals surface area contributed by atoms with Crippen LogP contribution in [0.25, 0.3) is 0 Å². The van der Waals surface area contributed by atoms with Crippen LogP contribution in [0.4, 0.5) is 0 Å². The fraction of sp³-hybridized carbons (Fsp3) is 0.455. The van der Waals surface area contributed by atoms with Gasteiger partial charge in [-0.2, -0.15) is 0 Å². The van der Waals surface area contributed by atoms with Crippen molar-refractivity contribution < 1.29 is 4.74 Å². The van der Waals surface area contributed by atoms with Gasteiger partial charge >= 0.3 is 0 Å². The number of hydrogen-bond donors (Lipinski definition) is 0. The van der Waals surface area contributed by atoms with E-state index in [2.05, 4.69) is 9.98 Å². The number of halogens is 2. The van der Waals surface area contributed by atoms with E-state index in [-0.39, 0.29) is 6.10 Å². The van der Waals surface area contributed by atoms with Crippen molar-refractivity contribution in [2.45, 2.75) is 18.9 Å². The van der Waals surface area contributed by atoms with E-state index < -0.39 is 0 Å². The lowest BCUT2D eigenvalue weighted by Gasteiger charge is -2.21. The Balaban J connectivity index is 2.27. The summed E-state index contributed by atoms with van der Waals surface area (Å²) >= 11 is 11.8. The summed E-state index contributed by atoms with van der Waals surface area (Å²) in [6.07, 6.45) is 1.96. The normalized spacial score (nSPS) is 20.7. The predicted octanol–water partition coefficient (Wildman–Crippen LogP) is 2.99.